The standard InChI is InChI=1S/C10H13F3N2O2S/c1-3-17-9(16)7(14-5-10(11,12)13)8-15-6(2)4-18-8/h4,7,14H,3,5H2,1-2H3. The van der Waals surface area contributed by atoms with Gasteiger partial charge in [0, 0.05) is 11.1 Å². The van der Waals surface area contributed by atoms with E-state index in [-0.39, 0.29) is 11.6 Å². The minimum atomic E-state index is -4.39. The number of alkyl halides is 3. The van der Waals surface area contributed by atoms with Crippen LogP contribution in [0.2, 0.25) is 0 Å². The van der Waals surface area contributed by atoms with Gasteiger partial charge in [0.05, 0.1) is 13.2 Å². The number of ether oxygens (including phenoxy) is 1. The molecule has 102 valence electrons. The molecule has 0 spiro atoms. The average Bonchev–Trinajstić information content (AvgIpc) is 2.64. The smallest absolute Gasteiger partial charge is 0.401 e. The second-order valence-electron chi connectivity index (χ2n) is 3.51. The number of hydrogen-bond acceptors (Lipinski definition) is 5. The number of carbonyl (C=O) groups is 1. The lowest BCUT2D eigenvalue weighted by molar-refractivity contribution is -0.149. The summed E-state index contributed by atoms with van der Waals surface area (Å²) in [5.74, 6) is -0.754. The van der Waals surface area contributed by atoms with Crippen LogP contribution in [-0.2, 0) is 9.53 Å². The molecule has 1 N–H and O–H groups in total. The molecule has 0 aromatic carbocycles. The molecule has 18 heavy (non-hydrogen) atoms. The maximum absolute atomic E-state index is 12.2. The van der Waals surface area contributed by atoms with Crippen LogP contribution in [0.15, 0.2) is 5.38 Å². The molecule has 1 atom stereocenters. The summed E-state index contributed by atoms with van der Waals surface area (Å²) in [5.41, 5.74) is 0.651. The largest absolute Gasteiger partial charge is 0.465 e. The van der Waals surface area contributed by atoms with Crippen molar-refractivity contribution < 1.29 is 22.7 Å². The van der Waals surface area contributed by atoms with E-state index in [9.17, 15) is 18.0 Å². The van der Waals surface area contributed by atoms with Gasteiger partial charge in [-0.3, -0.25) is 5.32 Å². The first-order chi connectivity index (χ1) is 8.33. The van der Waals surface area contributed by atoms with E-state index in [1.807, 2.05) is 0 Å². The Morgan fingerprint density at radius 3 is 2.72 bits per heavy atom. The predicted octanol–water partition coefficient (Wildman–Crippen LogP) is 2.21. The van der Waals surface area contributed by atoms with Crippen molar-refractivity contribution in [2.24, 2.45) is 0 Å². The number of thiazole rings is 1. The van der Waals surface area contributed by atoms with Crippen molar-refractivity contribution in [3.63, 3.8) is 0 Å². The molecule has 1 rings (SSSR count). The van der Waals surface area contributed by atoms with Gasteiger partial charge < -0.3 is 4.74 Å². The molecule has 1 heterocycles. The molecule has 0 radical (unpaired) electrons. The van der Waals surface area contributed by atoms with Gasteiger partial charge in [0.2, 0.25) is 0 Å². The summed E-state index contributed by atoms with van der Waals surface area (Å²) in [6.07, 6.45) is -4.39. The topological polar surface area (TPSA) is 51.2 Å². The molecular formula is C10H13F3N2O2S. The van der Waals surface area contributed by atoms with Gasteiger partial charge in [-0.2, -0.15) is 13.2 Å². The van der Waals surface area contributed by atoms with Crippen molar-refractivity contribution in [1.82, 2.24) is 10.3 Å². The highest BCUT2D eigenvalue weighted by Crippen LogP contribution is 2.21. The van der Waals surface area contributed by atoms with Gasteiger partial charge in [-0.05, 0) is 13.8 Å². The fraction of sp³-hybridized carbons (Fsp3) is 0.600. The fourth-order valence-corrected chi connectivity index (χ4v) is 2.08. The Bertz CT molecular complexity index is 406. The van der Waals surface area contributed by atoms with Crippen molar-refractivity contribution in [3.05, 3.63) is 16.1 Å². The monoisotopic (exact) mass is 282 g/mol. The minimum absolute atomic E-state index is 0.105. The first-order valence-corrected chi connectivity index (χ1v) is 6.10. The summed E-state index contributed by atoms with van der Waals surface area (Å²) in [7, 11) is 0. The summed E-state index contributed by atoms with van der Waals surface area (Å²) in [6.45, 7) is 2.13. The summed E-state index contributed by atoms with van der Waals surface area (Å²) in [5, 5.41) is 4.06. The third-order valence-electron chi connectivity index (χ3n) is 1.91. The van der Waals surface area contributed by atoms with Gasteiger partial charge in [-0.25, -0.2) is 9.78 Å². The molecule has 8 heteroatoms. The third-order valence-corrected chi connectivity index (χ3v) is 2.94. The van der Waals surface area contributed by atoms with E-state index >= 15 is 0 Å². The Balaban J connectivity index is 2.78. The lowest BCUT2D eigenvalue weighted by Gasteiger charge is -2.16. The molecule has 0 aliphatic carbocycles. The number of aryl methyl sites for hydroxylation is 1. The van der Waals surface area contributed by atoms with Crippen LogP contribution in [0, 0.1) is 6.92 Å². The van der Waals surface area contributed by atoms with Gasteiger partial charge in [0.15, 0.2) is 6.04 Å². The van der Waals surface area contributed by atoms with Crippen LogP contribution in [0.1, 0.15) is 23.7 Å². The number of nitrogens with zero attached hydrogens (tertiary/aromatic N) is 1. The zero-order valence-electron chi connectivity index (χ0n) is 9.87. The van der Waals surface area contributed by atoms with Crippen LogP contribution < -0.4 is 5.32 Å². The molecule has 0 saturated carbocycles. The molecule has 1 unspecified atom stereocenters. The van der Waals surface area contributed by atoms with Gasteiger partial charge in [0.25, 0.3) is 0 Å². The van der Waals surface area contributed by atoms with Crippen LogP contribution in [0.3, 0.4) is 0 Å². The van der Waals surface area contributed by atoms with Gasteiger partial charge >= 0.3 is 12.1 Å². The Morgan fingerprint density at radius 1 is 1.61 bits per heavy atom. The van der Waals surface area contributed by atoms with Gasteiger partial charge in [0.1, 0.15) is 5.01 Å². The zero-order valence-corrected chi connectivity index (χ0v) is 10.7. The molecule has 0 bridgehead atoms. The highest BCUT2D eigenvalue weighted by molar-refractivity contribution is 7.09. The van der Waals surface area contributed by atoms with E-state index < -0.39 is 24.7 Å². The molecule has 0 aliphatic rings. The SMILES string of the molecule is CCOC(=O)C(NCC(F)(F)F)c1nc(C)cs1. The normalized spacial score (nSPS) is 13.4. The third kappa shape index (κ3) is 4.61. The van der Waals surface area contributed by atoms with Crippen molar-refractivity contribution in [1.29, 1.82) is 0 Å². The molecule has 4 nitrogen and oxygen atoms in total. The van der Waals surface area contributed by atoms with E-state index in [1.165, 1.54) is 0 Å². The number of nitrogens with one attached hydrogen (secondary N) is 1. The number of esters is 1. The number of rotatable bonds is 5. The number of carbonyl (C=O) groups excluding carboxylic acids is 1. The summed E-state index contributed by atoms with van der Waals surface area (Å²) >= 11 is 1.12. The van der Waals surface area contributed by atoms with E-state index in [1.54, 1.807) is 19.2 Å². The van der Waals surface area contributed by atoms with Crippen LogP contribution in [0.4, 0.5) is 13.2 Å². The van der Waals surface area contributed by atoms with Gasteiger partial charge in [-0.1, -0.05) is 0 Å². The van der Waals surface area contributed by atoms with E-state index in [4.69, 9.17) is 4.74 Å². The van der Waals surface area contributed by atoms with Crippen molar-refractivity contribution in [3.8, 4) is 0 Å². The number of hydrogen-bond donors (Lipinski definition) is 1. The maximum atomic E-state index is 12.2. The minimum Gasteiger partial charge on any atom is -0.465 e. The molecule has 1 aromatic rings. The Hall–Kier alpha value is -1.15. The van der Waals surface area contributed by atoms with Gasteiger partial charge in [-0.15, -0.1) is 11.3 Å². The lowest BCUT2D eigenvalue weighted by Crippen LogP contribution is -2.36. The fourth-order valence-electron chi connectivity index (χ4n) is 1.22. The first-order valence-electron chi connectivity index (χ1n) is 5.22. The predicted molar refractivity (Wildman–Crippen MR) is 60.3 cm³/mol. The first kappa shape index (κ1) is 14.9. The summed E-state index contributed by atoms with van der Waals surface area (Å²) < 4.78 is 41.2. The molecular weight excluding hydrogens is 269 g/mol. The van der Waals surface area contributed by atoms with Crippen LogP contribution in [-0.4, -0.2) is 30.3 Å². The van der Waals surface area contributed by atoms with Crippen LogP contribution in [0.5, 0.6) is 0 Å². The quantitative estimate of drug-likeness (QED) is 0.841. The van der Waals surface area contributed by atoms with Crippen LogP contribution in [0.25, 0.3) is 0 Å². The summed E-state index contributed by atoms with van der Waals surface area (Å²) in [4.78, 5) is 15.6. The van der Waals surface area contributed by atoms with Crippen molar-refractivity contribution in [2.75, 3.05) is 13.2 Å². The Morgan fingerprint density at radius 2 is 2.28 bits per heavy atom. The molecule has 0 amide bonds. The maximum Gasteiger partial charge on any atom is 0.401 e. The Kier molecular flexibility index (Phi) is 5.09. The Labute approximate surface area is 106 Å². The number of halogens is 3. The van der Waals surface area contributed by atoms with Crippen molar-refractivity contribution >= 4 is 17.3 Å². The highest BCUT2D eigenvalue weighted by atomic mass is 32.1. The summed E-state index contributed by atoms with van der Waals surface area (Å²) in [6, 6.07) is -1.18. The molecule has 0 saturated heterocycles. The number of aromatic nitrogens is 1. The zero-order chi connectivity index (χ0) is 13.8. The lowest BCUT2D eigenvalue weighted by atomic mass is 10.3. The van der Waals surface area contributed by atoms with E-state index in [0.717, 1.165) is 11.3 Å². The average molecular weight is 282 g/mol. The highest BCUT2D eigenvalue weighted by Gasteiger charge is 2.32. The second-order valence-corrected chi connectivity index (χ2v) is 4.40. The van der Waals surface area contributed by atoms with Crippen LogP contribution >= 0.6 is 11.3 Å². The molecule has 0 aliphatic heterocycles. The molecule has 0 fully saturated rings. The van der Waals surface area contributed by atoms with Crippen molar-refractivity contribution in [2.45, 2.75) is 26.1 Å². The van der Waals surface area contributed by atoms with E-state index in [0.29, 0.717) is 5.69 Å². The second kappa shape index (κ2) is 6.14. The van der Waals surface area contributed by atoms with E-state index in [2.05, 4.69) is 10.3 Å². The molecule has 1 aromatic heterocycles.